The number of amides is 1. The minimum absolute atomic E-state index is 0.182. The number of rotatable bonds is 9. The zero-order chi connectivity index (χ0) is 23.8. The fourth-order valence-corrected chi connectivity index (χ4v) is 4.03. The molecule has 0 unspecified atom stereocenters. The third kappa shape index (κ3) is 6.34. The molecule has 0 fully saturated rings. The van der Waals surface area contributed by atoms with Gasteiger partial charge in [-0.25, -0.2) is 9.59 Å². The van der Waals surface area contributed by atoms with Crippen LogP contribution in [0.1, 0.15) is 34.6 Å². The lowest BCUT2D eigenvalue weighted by atomic mass is 10.0. The molecule has 0 aliphatic carbocycles. The first-order valence-electron chi connectivity index (χ1n) is 10.2. The summed E-state index contributed by atoms with van der Waals surface area (Å²) in [6.45, 7) is 3.75. The van der Waals surface area contributed by atoms with Gasteiger partial charge in [-0.1, -0.05) is 23.7 Å². The number of anilines is 1. The van der Waals surface area contributed by atoms with Crippen molar-refractivity contribution in [2.45, 2.75) is 13.8 Å². The van der Waals surface area contributed by atoms with Crippen LogP contribution in [-0.4, -0.2) is 37.7 Å². The number of halogens is 1. The first kappa shape index (κ1) is 24.3. The Morgan fingerprint density at radius 2 is 1.61 bits per heavy atom. The summed E-state index contributed by atoms with van der Waals surface area (Å²) in [7, 11) is 0. The molecule has 0 spiro atoms. The van der Waals surface area contributed by atoms with Crippen molar-refractivity contribution in [2.75, 3.05) is 25.1 Å². The normalized spacial score (nSPS) is 10.4. The summed E-state index contributed by atoms with van der Waals surface area (Å²) < 4.78 is 15.6. The van der Waals surface area contributed by atoms with Gasteiger partial charge >= 0.3 is 11.9 Å². The van der Waals surface area contributed by atoms with Gasteiger partial charge in [-0.15, -0.1) is 11.3 Å². The van der Waals surface area contributed by atoms with E-state index in [2.05, 4.69) is 5.32 Å². The van der Waals surface area contributed by atoms with Crippen molar-refractivity contribution in [2.24, 2.45) is 0 Å². The summed E-state index contributed by atoms with van der Waals surface area (Å²) in [4.78, 5) is 37.3. The van der Waals surface area contributed by atoms with E-state index in [1.807, 2.05) is 6.92 Å². The molecule has 0 atom stereocenters. The predicted molar refractivity (Wildman–Crippen MR) is 127 cm³/mol. The lowest BCUT2D eigenvalue weighted by Gasteiger charge is -2.09. The molecule has 1 N–H and O–H groups in total. The predicted octanol–water partition coefficient (Wildman–Crippen LogP) is 5.44. The zero-order valence-electron chi connectivity index (χ0n) is 18.1. The summed E-state index contributed by atoms with van der Waals surface area (Å²) in [5.74, 6) is -1.16. The molecule has 7 nitrogen and oxygen atoms in total. The van der Waals surface area contributed by atoms with Gasteiger partial charge in [0.2, 0.25) is 0 Å². The molecule has 1 amide bonds. The number of hydrogen-bond acceptors (Lipinski definition) is 7. The monoisotopic (exact) mass is 487 g/mol. The molecule has 0 bridgehead atoms. The third-order valence-electron chi connectivity index (χ3n) is 4.41. The van der Waals surface area contributed by atoms with E-state index in [0.29, 0.717) is 33.5 Å². The van der Waals surface area contributed by atoms with Crippen LogP contribution in [0.15, 0.2) is 53.9 Å². The lowest BCUT2D eigenvalue weighted by molar-refractivity contribution is -0.119. The Morgan fingerprint density at radius 1 is 0.909 bits per heavy atom. The summed E-state index contributed by atoms with van der Waals surface area (Å²) in [6.07, 6.45) is 0. The summed E-state index contributed by atoms with van der Waals surface area (Å²) in [5, 5.41) is 5.26. The quantitative estimate of drug-likeness (QED) is 0.404. The minimum Gasteiger partial charge on any atom is -0.494 e. The molecule has 0 aliphatic rings. The van der Waals surface area contributed by atoms with Gasteiger partial charge in [-0.05, 0) is 55.8 Å². The van der Waals surface area contributed by atoms with Crippen molar-refractivity contribution >= 4 is 45.8 Å². The van der Waals surface area contributed by atoms with Crippen LogP contribution in [0, 0.1) is 0 Å². The van der Waals surface area contributed by atoms with E-state index in [0.717, 1.165) is 5.56 Å². The molecule has 2 aromatic carbocycles. The lowest BCUT2D eigenvalue weighted by Crippen LogP contribution is -2.21. The highest BCUT2D eigenvalue weighted by Gasteiger charge is 2.23. The van der Waals surface area contributed by atoms with Crippen LogP contribution in [0.4, 0.5) is 5.00 Å². The molecule has 1 heterocycles. The number of carbonyl (C=O) groups excluding carboxylic acids is 3. The maximum atomic E-state index is 12.6. The van der Waals surface area contributed by atoms with E-state index in [1.165, 1.54) is 11.3 Å². The molecule has 0 saturated heterocycles. The second kappa shape index (κ2) is 11.5. The highest BCUT2D eigenvalue weighted by Crippen LogP contribution is 2.36. The molecule has 0 radical (unpaired) electrons. The summed E-state index contributed by atoms with van der Waals surface area (Å²) in [5.41, 5.74) is 1.88. The average Bonchev–Trinajstić information content (AvgIpc) is 3.22. The molecule has 0 saturated carbocycles. The Morgan fingerprint density at radius 3 is 2.24 bits per heavy atom. The van der Waals surface area contributed by atoms with Crippen LogP contribution in [0.3, 0.4) is 0 Å². The standard InChI is InChI=1S/C24H22ClNO6S/c1-3-30-18-11-7-16(8-12-18)23(28)32-13-20(27)26-22-21(24(29)31-4-2)19(14-33-22)15-5-9-17(25)10-6-15/h5-12,14H,3-4,13H2,1-2H3,(H,26,27). The van der Waals surface area contributed by atoms with Crippen LogP contribution in [0.25, 0.3) is 11.1 Å². The van der Waals surface area contributed by atoms with Crippen molar-refractivity contribution in [3.63, 3.8) is 0 Å². The van der Waals surface area contributed by atoms with E-state index >= 15 is 0 Å². The maximum absolute atomic E-state index is 12.6. The molecule has 3 rings (SSSR count). The van der Waals surface area contributed by atoms with E-state index in [9.17, 15) is 14.4 Å². The zero-order valence-corrected chi connectivity index (χ0v) is 19.6. The number of thiophene rings is 1. The first-order chi connectivity index (χ1) is 15.9. The largest absolute Gasteiger partial charge is 0.494 e. The molecule has 1 aromatic heterocycles. The molecule has 9 heteroatoms. The van der Waals surface area contributed by atoms with Crippen LogP contribution >= 0.6 is 22.9 Å². The Bertz CT molecular complexity index is 1120. The smallest absolute Gasteiger partial charge is 0.341 e. The third-order valence-corrected chi connectivity index (χ3v) is 5.56. The number of nitrogens with one attached hydrogen (secondary N) is 1. The van der Waals surface area contributed by atoms with Gasteiger partial charge in [0.15, 0.2) is 6.61 Å². The summed E-state index contributed by atoms with van der Waals surface area (Å²) in [6, 6.07) is 13.4. The minimum atomic E-state index is -0.646. The second-order valence-electron chi connectivity index (χ2n) is 6.66. The number of ether oxygens (including phenoxy) is 3. The SMILES string of the molecule is CCOC(=O)c1c(-c2ccc(Cl)cc2)csc1NC(=O)COC(=O)c1ccc(OCC)cc1. The van der Waals surface area contributed by atoms with Gasteiger partial charge in [-0.3, -0.25) is 4.79 Å². The molecular weight excluding hydrogens is 466 g/mol. The molecular formula is C24H22ClNO6S. The Labute approximate surface area is 200 Å². The van der Waals surface area contributed by atoms with Gasteiger partial charge in [-0.2, -0.15) is 0 Å². The second-order valence-corrected chi connectivity index (χ2v) is 7.98. The van der Waals surface area contributed by atoms with Crippen LogP contribution in [-0.2, 0) is 14.3 Å². The van der Waals surface area contributed by atoms with E-state index < -0.39 is 24.5 Å². The number of carbonyl (C=O) groups is 3. The fraction of sp³-hybridized carbons (Fsp3) is 0.208. The van der Waals surface area contributed by atoms with Gasteiger partial charge < -0.3 is 19.5 Å². The molecule has 172 valence electrons. The summed E-state index contributed by atoms with van der Waals surface area (Å²) >= 11 is 7.13. The van der Waals surface area contributed by atoms with Crippen molar-refractivity contribution in [3.8, 4) is 16.9 Å². The van der Waals surface area contributed by atoms with Crippen LogP contribution < -0.4 is 10.1 Å². The Balaban J connectivity index is 1.70. The van der Waals surface area contributed by atoms with Crippen molar-refractivity contribution in [1.82, 2.24) is 0 Å². The van der Waals surface area contributed by atoms with Gasteiger partial charge in [0.05, 0.1) is 18.8 Å². The van der Waals surface area contributed by atoms with Crippen molar-refractivity contribution in [3.05, 3.63) is 70.1 Å². The molecule has 33 heavy (non-hydrogen) atoms. The van der Waals surface area contributed by atoms with E-state index in [-0.39, 0.29) is 12.2 Å². The fourth-order valence-electron chi connectivity index (χ4n) is 2.93. The highest BCUT2D eigenvalue weighted by molar-refractivity contribution is 7.15. The number of hydrogen-bond donors (Lipinski definition) is 1. The Hall–Kier alpha value is -3.36. The van der Waals surface area contributed by atoms with Gasteiger partial charge in [0.25, 0.3) is 5.91 Å². The van der Waals surface area contributed by atoms with Crippen molar-refractivity contribution < 1.29 is 28.6 Å². The van der Waals surface area contributed by atoms with Crippen LogP contribution in [0.2, 0.25) is 5.02 Å². The highest BCUT2D eigenvalue weighted by atomic mass is 35.5. The van der Waals surface area contributed by atoms with Gasteiger partial charge in [0.1, 0.15) is 16.3 Å². The van der Waals surface area contributed by atoms with E-state index in [1.54, 1.807) is 60.8 Å². The number of benzene rings is 2. The van der Waals surface area contributed by atoms with Gasteiger partial charge in [0, 0.05) is 16.0 Å². The first-order valence-corrected chi connectivity index (χ1v) is 11.4. The molecule has 3 aromatic rings. The number of esters is 2. The Kier molecular flexibility index (Phi) is 8.46. The van der Waals surface area contributed by atoms with Crippen LogP contribution in [0.5, 0.6) is 5.75 Å². The van der Waals surface area contributed by atoms with Crippen molar-refractivity contribution in [1.29, 1.82) is 0 Å². The van der Waals surface area contributed by atoms with E-state index in [4.69, 9.17) is 25.8 Å². The average molecular weight is 488 g/mol. The maximum Gasteiger partial charge on any atom is 0.341 e. The molecule has 0 aliphatic heterocycles. The topological polar surface area (TPSA) is 90.9 Å².